The van der Waals surface area contributed by atoms with E-state index in [1.54, 1.807) is 25.6 Å². The van der Waals surface area contributed by atoms with Crippen LogP contribution in [-0.4, -0.2) is 30.7 Å². The molecule has 0 saturated carbocycles. The number of nitrogens with one attached hydrogen (secondary N) is 1. The minimum Gasteiger partial charge on any atom is -0.493 e. The van der Waals surface area contributed by atoms with Crippen LogP contribution in [0.25, 0.3) is 10.2 Å². The molecule has 7 heteroatoms. The standard InChI is InChI=1S/C23H29N3O3S/c1-13-5-7-16-19(11-13)30-23-20(16)22(27)25-21(26-23)14(2)24-10-9-15-6-8-17(28-3)18(12-15)29-4/h6,8,12-14,24H,5,7,9-11H2,1-4H3,(H,25,26,27)/p+1/t13-,14+/m1/s1. The largest absolute Gasteiger partial charge is 0.493 e. The van der Waals surface area contributed by atoms with E-state index in [-0.39, 0.29) is 11.6 Å². The molecule has 0 bridgehead atoms. The lowest BCUT2D eigenvalue weighted by atomic mass is 9.89. The number of methoxy groups -OCH3 is 2. The second-order valence-electron chi connectivity index (χ2n) is 8.24. The van der Waals surface area contributed by atoms with Crippen molar-refractivity contribution in [3.63, 3.8) is 0 Å². The molecule has 0 amide bonds. The van der Waals surface area contributed by atoms with Crippen LogP contribution in [0.15, 0.2) is 23.0 Å². The fourth-order valence-electron chi connectivity index (χ4n) is 4.23. The highest BCUT2D eigenvalue weighted by molar-refractivity contribution is 7.18. The first kappa shape index (κ1) is 20.9. The van der Waals surface area contributed by atoms with Crippen molar-refractivity contribution in [1.29, 1.82) is 0 Å². The van der Waals surface area contributed by atoms with Gasteiger partial charge in [0.05, 0.1) is 26.2 Å². The normalized spacial score (nSPS) is 17.0. The van der Waals surface area contributed by atoms with Crippen LogP contribution in [0.2, 0.25) is 0 Å². The van der Waals surface area contributed by atoms with E-state index in [0.29, 0.717) is 5.92 Å². The van der Waals surface area contributed by atoms with Crippen LogP contribution in [0.5, 0.6) is 11.5 Å². The van der Waals surface area contributed by atoms with Gasteiger partial charge >= 0.3 is 0 Å². The van der Waals surface area contributed by atoms with Crippen molar-refractivity contribution in [2.75, 3.05) is 20.8 Å². The van der Waals surface area contributed by atoms with E-state index in [1.807, 2.05) is 12.1 Å². The Morgan fingerprint density at radius 3 is 2.87 bits per heavy atom. The van der Waals surface area contributed by atoms with Crippen molar-refractivity contribution in [2.24, 2.45) is 5.92 Å². The SMILES string of the molecule is COc1ccc(CC[NH2+][C@@H](C)c2nc3sc4c(c3c(=O)[nH]2)CC[C@@H](C)C4)cc1OC. The Morgan fingerprint density at radius 2 is 2.10 bits per heavy atom. The lowest BCUT2D eigenvalue weighted by Gasteiger charge is -2.17. The molecule has 0 fully saturated rings. The molecule has 0 spiro atoms. The van der Waals surface area contributed by atoms with Crippen molar-refractivity contribution < 1.29 is 14.8 Å². The number of rotatable bonds is 7. The predicted octanol–water partition coefficient (Wildman–Crippen LogP) is 2.99. The first-order valence-electron chi connectivity index (χ1n) is 10.6. The maximum Gasteiger partial charge on any atom is 0.260 e. The Kier molecular flexibility index (Phi) is 6.11. The van der Waals surface area contributed by atoms with Gasteiger partial charge in [-0.1, -0.05) is 13.0 Å². The first-order chi connectivity index (χ1) is 14.5. The topological polar surface area (TPSA) is 80.8 Å². The highest BCUT2D eigenvalue weighted by Crippen LogP contribution is 2.35. The van der Waals surface area contributed by atoms with Crippen molar-refractivity contribution in [3.8, 4) is 11.5 Å². The summed E-state index contributed by atoms with van der Waals surface area (Å²) >= 11 is 1.71. The number of thiophene rings is 1. The molecule has 2 aromatic heterocycles. The summed E-state index contributed by atoms with van der Waals surface area (Å²) in [7, 11) is 3.29. The average Bonchev–Trinajstić information content (AvgIpc) is 3.11. The molecule has 30 heavy (non-hydrogen) atoms. The maximum atomic E-state index is 12.8. The number of nitrogens with zero attached hydrogens (tertiary/aromatic N) is 1. The molecular weight excluding hydrogens is 398 g/mol. The van der Waals surface area contributed by atoms with Gasteiger partial charge in [-0.25, -0.2) is 4.98 Å². The third-order valence-electron chi connectivity index (χ3n) is 6.02. The molecule has 1 aliphatic carbocycles. The third-order valence-corrected chi connectivity index (χ3v) is 7.16. The molecule has 0 radical (unpaired) electrons. The molecule has 1 aliphatic rings. The Morgan fingerprint density at radius 1 is 1.30 bits per heavy atom. The monoisotopic (exact) mass is 428 g/mol. The van der Waals surface area contributed by atoms with E-state index in [4.69, 9.17) is 14.5 Å². The number of hydrogen-bond donors (Lipinski definition) is 2. The Bertz CT molecular complexity index is 1110. The number of aryl methyl sites for hydroxylation is 1. The summed E-state index contributed by atoms with van der Waals surface area (Å²) in [5.74, 6) is 2.93. The number of benzene rings is 1. The van der Waals surface area contributed by atoms with Crippen molar-refractivity contribution >= 4 is 21.6 Å². The van der Waals surface area contributed by atoms with Gasteiger partial charge in [-0.3, -0.25) is 4.79 Å². The summed E-state index contributed by atoms with van der Waals surface area (Å²) in [4.78, 5) is 23.0. The van der Waals surface area contributed by atoms with Crippen LogP contribution in [-0.2, 0) is 19.3 Å². The Balaban J connectivity index is 1.46. The number of fused-ring (bicyclic) bond motifs is 3. The number of aromatic nitrogens is 2. The molecular formula is C23H30N3O3S+. The van der Waals surface area contributed by atoms with Crippen molar-refractivity contribution in [1.82, 2.24) is 9.97 Å². The van der Waals surface area contributed by atoms with E-state index in [0.717, 1.165) is 59.8 Å². The Hall–Kier alpha value is -2.38. The maximum absolute atomic E-state index is 12.8. The second-order valence-corrected chi connectivity index (χ2v) is 9.32. The van der Waals surface area contributed by atoms with Crippen LogP contribution in [0.4, 0.5) is 0 Å². The summed E-state index contributed by atoms with van der Waals surface area (Å²) < 4.78 is 10.7. The van der Waals surface area contributed by atoms with Gasteiger partial charge in [-0.05, 0) is 55.4 Å². The summed E-state index contributed by atoms with van der Waals surface area (Å²) in [6.07, 6.45) is 4.11. The van der Waals surface area contributed by atoms with Crippen LogP contribution >= 0.6 is 11.3 Å². The van der Waals surface area contributed by atoms with E-state index in [1.165, 1.54) is 16.0 Å². The van der Waals surface area contributed by atoms with Gasteiger partial charge in [-0.2, -0.15) is 0 Å². The number of ether oxygens (including phenoxy) is 2. The lowest BCUT2D eigenvalue weighted by molar-refractivity contribution is -0.693. The molecule has 0 unspecified atom stereocenters. The molecule has 160 valence electrons. The summed E-state index contributed by atoms with van der Waals surface area (Å²) in [6.45, 7) is 5.26. The first-order valence-corrected chi connectivity index (χ1v) is 11.4. The fourth-order valence-corrected chi connectivity index (χ4v) is 5.62. The van der Waals surface area contributed by atoms with Crippen LogP contribution in [0, 0.1) is 5.92 Å². The van der Waals surface area contributed by atoms with Crippen LogP contribution < -0.4 is 20.3 Å². The van der Waals surface area contributed by atoms with Gasteiger partial charge in [0.2, 0.25) is 0 Å². The third kappa shape index (κ3) is 4.09. The minimum atomic E-state index is 0.0159. The highest BCUT2D eigenvalue weighted by Gasteiger charge is 2.24. The molecule has 0 aliphatic heterocycles. The quantitative estimate of drug-likeness (QED) is 0.606. The number of H-pyrrole nitrogens is 1. The zero-order valence-electron chi connectivity index (χ0n) is 18.1. The molecule has 3 N–H and O–H groups in total. The molecule has 4 rings (SSSR count). The summed E-state index contributed by atoms with van der Waals surface area (Å²) in [5, 5.41) is 3.04. The number of hydrogen-bond acceptors (Lipinski definition) is 5. The Labute approximate surface area is 180 Å². The zero-order valence-corrected chi connectivity index (χ0v) is 18.9. The van der Waals surface area contributed by atoms with Gasteiger partial charge in [0.25, 0.3) is 5.56 Å². The van der Waals surface area contributed by atoms with E-state index < -0.39 is 0 Å². The van der Waals surface area contributed by atoms with Gasteiger partial charge in [-0.15, -0.1) is 11.3 Å². The van der Waals surface area contributed by atoms with Gasteiger partial charge in [0.15, 0.2) is 17.3 Å². The smallest absolute Gasteiger partial charge is 0.260 e. The highest BCUT2D eigenvalue weighted by atomic mass is 32.1. The molecule has 0 saturated heterocycles. The lowest BCUT2D eigenvalue weighted by Crippen LogP contribution is -2.85. The van der Waals surface area contributed by atoms with E-state index >= 15 is 0 Å². The molecule has 3 aromatic rings. The second kappa shape index (κ2) is 8.78. The number of quaternary nitrogens is 1. The van der Waals surface area contributed by atoms with Crippen LogP contribution in [0.3, 0.4) is 0 Å². The van der Waals surface area contributed by atoms with Crippen LogP contribution in [0.1, 0.15) is 48.1 Å². The van der Waals surface area contributed by atoms with Crippen molar-refractivity contribution in [2.45, 2.75) is 45.6 Å². The fraction of sp³-hybridized carbons (Fsp3) is 0.478. The predicted molar refractivity (Wildman–Crippen MR) is 120 cm³/mol. The molecule has 2 atom stereocenters. The van der Waals surface area contributed by atoms with E-state index in [9.17, 15) is 4.79 Å². The minimum absolute atomic E-state index is 0.0159. The van der Waals surface area contributed by atoms with Crippen molar-refractivity contribution in [3.05, 3.63) is 50.4 Å². The van der Waals surface area contributed by atoms with Gasteiger partial charge in [0, 0.05) is 11.3 Å². The summed E-state index contributed by atoms with van der Waals surface area (Å²) in [5.41, 5.74) is 2.44. The van der Waals surface area contributed by atoms with Gasteiger partial charge < -0.3 is 19.8 Å². The number of nitrogens with two attached hydrogens (primary N) is 1. The van der Waals surface area contributed by atoms with E-state index in [2.05, 4.69) is 30.2 Å². The number of aromatic amines is 1. The summed E-state index contributed by atoms with van der Waals surface area (Å²) in [6, 6.07) is 6.09. The molecule has 6 nitrogen and oxygen atoms in total. The van der Waals surface area contributed by atoms with Gasteiger partial charge in [0.1, 0.15) is 10.9 Å². The zero-order chi connectivity index (χ0) is 21.3. The average molecular weight is 429 g/mol. The molecule has 2 heterocycles. The molecule has 1 aromatic carbocycles.